The molecule has 4 N–H and O–H groups in total. The van der Waals surface area contributed by atoms with Crippen LogP contribution in [0.3, 0.4) is 0 Å². The zero-order valence-corrected chi connectivity index (χ0v) is 88.0. The van der Waals surface area contributed by atoms with Crippen molar-refractivity contribution in [2.24, 2.45) is 5.73 Å². The second-order valence-electron chi connectivity index (χ2n) is 33.2. The molecule has 0 aromatic heterocycles. The Balaban J connectivity index is -0.0000000711. The van der Waals surface area contributed by atoms with Gasteiger partial charge in [-0.25, -0.2) is 9.59 Å². The minimum atomic E-state index is -2.82. The molecule has 0 saturated carbocycles. The molecule has 19 nitrogen and oxygen atoms in total. The van der Waals surface area contributed by atoms with Crippen molar-refractivity contribution in [2.45, 2.75) is 310 Å². The molecule has 616 valence electrons. The molecule has 0 aromatic carbocycles. The molecular formula is C65H170ClFN3NaO16Si15. The first-order chi connectivity index (χ1) is 42.4. The molecule has 0 fully saturated rings. The van der Waals surface area contributed by atoms with Crippen LogP contribution in [0, 0.1) is 0 Å². The molecule has 0 bridgehead atoms. The Morgan fingerprint density at radius 1 is 0.353 bits per heavy atom. The van der Waals surface area contributed by atoms with Crippen LogP contribution in [0.25, 0.3) is 0 Å². The van der Waals surface area contributed by atoms with E-state index in [2.05, 4.69) is 308 Å². The van der Waals surface area contributed by atoms with Crippen LogP contribution >= 0.6 is 11.1 Å². The fourth-order valence-electron chi connectivity index (χ4n) is 6.89. The number of ether oxygens (including phenoxy) is 2. The summed E-state index contributed by atoms with van der Waals surface area (Å²) >= 11 is 5.67. The van der Waals surface area contributed by atoms with E-state index in [0.29, 0.717) is 31.7 Å². The maximum Gasteiger partial charge on any atom is 1.00 e. The van der Waals surface area contributed by atoms with E-state index >= 15 is 0 Å². The molecule has 0 atom stereocenters. The average molecular weight is 1750 g/mol. The van der Waals surface area contributed by atoms with Crippen molar-refractivity contribution < 1.29 is 104 Å². The van der Waals surface area contributed by atoms with Gasteiger partial charge in [0.1, 0.15) is 13.7 Å². The number of carbonyl (C=O) groups excluding carboxylic acids is 3. The number of nitrogens with one attached hydrogen (secondary N) is 2. The van der Waals surface area contributed by atoms with Crippen LogP contribution in [0.5, 0.6) is 0 Å². The van der Waals surface area contributed by atoms with Gasteiger partial charge in [-0.3, -0.25) is 0 Å². The normalized spacial score (nSPS) is 11.8. The van der Waals surface area contributed by atoms with E-state index in [0.717, 1.165) is 44.1 Å². The maximum atomic E-state index is 11.4. The molecular weight excluding hydrogens is 1580 g/mol. The van der Waals surface area contributed by atoms with Gasteiger partial charge in [-0.15, -0.1) is 26.3 Å². The average Bonchev–Trinajstić information content (AvgIpc) is 0.823. The minimum absolute atomic E-state index is 0. The Labute approximate surface area is 676 Å². The van der Waals surface area contributed by atoms with Gasteiger partial charge in [0.25, 0.3) is 0 Å². The molecule has 0 heterocycles. The Morgan fingerprint density at radius 2 is 0.500 bits per heavy atom. The van der Waals surface area contributed by atoms with Crippen LogP contribution in [-0.4, -0.2) is 163 Å². The van der Waals surface area contributed by atoms with E-state index in [9.17, 15) is 9.59 Å². The molecule has 37 heteroatoms. The zero-order chi connectivity index (χ0) is 79.2. The van der Waals surface area contributed by atoms with Crippen molar-refractivity contribution in [2.75, 3.05) is 19.6 Å². The van der Waals surface area contributed by atoms with Gasteiger partial charge in [0.15, 0.2) is 74.9 Å². The first-order valence-electron chi connectivity index (χ1n) is 33.2. The third kappa shape index (κ3) is 124. The number of amides is 2. The number of aldehydes is 1. The molecule has 0 aliphatic heterocycles. The molecule has 2 amide bonds. The summed E-state index contributed by atoms with van der Waals surface area (Å²) in [6, 6.07) is 2.24. The van der Waals surface area contributed by atoms with Crippen LogP contribution in [-0.2, 0) is 60.2 Å². The van der Waals surface area contributed by atoms with E-state index in [4.69, 9.17) is 67.5 Å². The Hall–Kier alpha value is 0.323. The van der Waals surface area contributed by atoms with Crippen molar-refractivity contribution in [1.82, 2.24) is 10.6 Å². The van der Waals surface area contributed by atoms with E-state index in [-0.39, 0.29) is 64.0 Å². The Morgan fingerprint density at radius 3 is 0.598 bits per heavy atom. The standard InChI is InChI=1S/2C15H37NO5Si4.C12H35NO3Si4.2C5H12OSi.C3H9ClSi.C2H4O.2C2H4.4CH4.FH.Na/c2*1-11-18-15(17)16-13-12-14-25(19-22(2,3)4,20-23(5,6)7)21-24(8,9)10;1-17(2,3)14-20(12-10-11-13,15-18(4,5)6)16-19(7,8)9;2*1-5-6-7(2,3)4;1-5(2,3)4;1-2-3;2*1-2;;;;;;/h2*11H,1,12-14H2,2-10H3,(H,16,17);10-13H2,1-9H3;2*5H,1H2,2-4H3;1-3H3;2H,1H3;2*1-2H2;4*1H4;1H;/q;;;;;;;;;;;;;;+1/p-1. The number of hydrogen-bond donors (Lipinski definition) is 3. The third-order valence-electron chi connectivity index (χ3n) is 7.95. The van der Waals surface area contributed by atoms with E-state index in [1.165, 1.54) is 19.4 Å². The molecule has 0 radical (unpaired) electrons. The van der Waals surface area contributed by atoms with Gasteiger partial charge in [0, 0.05) is 31.2 Å². The monoisotopic (exact) mass is 1750 g/mol. The van der Waals surface area contributed by atoms with Gasteiger partial charge >= 0.3 is 68.2 Å². The van der Waals surface area contributed by atoms with Crippen LogP contribution in [0.2, 0.25) is 254 Å². The molecule has 102 heavy (non-hydrogen) atoms. The fourth-order valence-corrected chi connectivity index (χ4v) is 51.9. The second kappa shape index (κ2) is 64.9. The molecule has 0 aromatic rings. The molecule has 0 aliphatic carbocycles. The predicted molar refractivity (Wildman–Crippen MR) is 483 cm³/mol. The molecule has 0 spiro atoms. The van der Waals surface area contributed by atoms with Gasteiger partial charge in [-0.2, -0.15) is 11.1 Å². The van der Waals surface area contributed by atoms with Gasteiger partial charge < -0.3 is 81.2 Å². The van der Waals surface area contributed by atoms with Crippen molar-refractivity contribution in [3.63, 3.8) is 0 Å². The first-order valence-corrected chi connectivity index (χ1v) is 81.0. The Kier molecular flexibility index (Phi) is 87.7. The quantitative estimate of drug-likeness (QED) is 0.0134. The summed E-state index contributed by atoms with van der Waals surface area (Å²) in [6.45, 7) is 107. The summed E-state index contributed by atoms with van der Waals surface area (Å²) in [4.78, 5) is 31.6. The van der Waals surface area contributed by atoms with Crippen molar-refractivity contribution >= 4 is 155 Å². The predicted octanol–water partition coefficient (Wildman–Crippen LogP) is 17.7. The van der Waals surface area contributed by atoms with Crippen LogP contribution in [0.15, 0.2) is 77.7 Å². The van der Waals surface area contributed by atoms with E-state index in [1.54, 1.807) is 0 Å². The fraction of sp³-hybridized carbons (Fsp3) is 0.769. The molecule has 0 saturated heterocycles. The number of rotatable bonds is 35. The number of alkyl carbamates (subject to hydrolysis) is 2. The van der Waals surface area contributed by atoms with E-state index in [1.807, 2.05) is 0 Å². The van der Waals surface area contributed by atoms with Gasteiger partial charge in [-0.1, -0.05) is 75.7 Å². The van der Waals surface area contributed by atoms with Crippen molar-refractivity contribution in [3.05, 3.63) is 77.7 Å². The van der Waals surface area contributed by atoms with Gasteiger partial charge in [-0.05, 0) is 249 Å². The number of nitrogens with two attached hydrogens (primary N) is 1. The maximum absolute atomic E-state index is 11.4. The van der Waals surface area contributed by atoms with Crippen molar-refractivity contribution in [1.29, 1.82) is 0 Å². The molecule has 0 rings (SSSR count). The van der Waals surface area contributed by atoms with Gasteiger partial charge in [0.2, 0.25) is 16.6 Å². The molecule has 0 aliphatic rings. The summed E-state index contributed by atoms with van der Waals surface area (Å²) in [7, 11) is -28.3. The number of hydrogen-bond acceptors (Lipinski definition) is 17. The largest absolute Gasteiger partial charge is 1.00 e. The van der Waals surface area contributed by atoms with Crippen LogP contribution in [0.1, 0.15) is 55.9 Å². The SMILES string of the molecule is C.C.C.C.C=C.C=C.C=COC(=O)NCCC[Si](O[Si](C)(C)C)(O[Si](C)(C)C)O[Si](C)(C)C.C=COC(=O)NCCC[Si](O[Si](C)(C)C)(O[Si](C)(C)C)O[Si](C)(C)C.C=CO[Si](C)(C)C.C=CO[Si](C)(C)C.CC=O.C[Si](C)(C)Cl.C[Si](C)(C)O[Si](CCCN)(O[Si](C)(C)C)O[Si](C)(C)C.[F-].[Na+]. The third-order valence-corrected chi connectivity index (χ3v) is 45.8. The topological polar surface area (TPSA) is 221 Å². The van der Waals surface area contributed by atoms with Crippen LogP contribution in [0.4, 0.5) is 9.59 Å². The van der Waals surface area contributed by atoms with Crippen LogP contribution < -0.4 is 50.6 Å². The zero-order valence-electron chi connectivity index (χ0n) is 70.3. The van der Waals surface area contributed by atoms with Gasteiger partial charge in [0.05, 0.1) is 25.0 Å². The summed E-state index contributed by atoms with van der Waals surface area (Å²) in [5.74, 6) is 0. The number of halogens is 2. The van der Waals surface area contributed by atoms with Crippen molar-refractivity contribution in [3.8, 4) is 0 Å². The summed E-state index contributed by atoms with van der Waals surface area (Å²) in [5, 5.41) is 5.40. The van der Waals surface area contributed by atoms with E-state index < -0.39 is 137 Å². The summed E-state index contributed by atoms with van der Waals surface area (Å²) in [5.41, 5.74) is 5.72. The minimum Gasteiger partial charge on any atom is -1.00 e. The Bertz CT molecular complexity index is 1840. The summed E-state index contributed by atoms with van der Waals surface area (Å²) in [6.07, 6.45) is 7.38. The second-order valence-corrected chi connectivity index (χ2v) is 101. The number of carbonyl (C=O) groups is 3. The first kappa shape index (κ1) is 138. The smallest absolute Gasteiger partial charge is 1.00 e. The molecule has 0 unspecified atom stereocenters. The summed E-state index contributed by atoms with van der Waals surface area (Å²) < 4.78 is 78.6.